The van der Waals surface area contributed by atoms with E-state index in [1.54, 1.807) is 38.0 Å². The molecule has 1 saturated heterocycles. The predicted octanol–water partition coefficient (Wildman–Crippen LogP) is 3.46. The lowest BCUT2D eigenvalue weighted by atomic mass is 9.90. The topological polar surface area (TPSA) is 132 Å². The number of anilines is 1. The summed E-state index contributed by atoms with van der Waals surface area (Å²) in [5.74, 6) is 0.105. The van der Waals surface area contributed by atoms with E-state index in [4.69, 9.17) is 10.5 Å². The molecule has 2 heterocycles. The monoisotopic (exact) mass is 574 g/mol. The largest absolute Gasteiger partial charge is 0.497 e. The molecule has 0 spiro atoms. The molecule has 0 aliphatic carbocycles. The third kappa shape index (κ3) is 7.17. The van der Waals surface area contributed by atoms with Gasteiger partial charge in [-0.2, -0.15) is 0 Å². The molecule has 2 atom stereocenters. The zero-order valence-corrected chi connectivity index (χ0v) is 24.9. The van der Waals surface area contributed by atoms with Gasteiger partial charge in [0.2, 0.25) is 11.8 Å². The summed E-state index contributed by atoms with van der Waals surface area (Å²) in [6.07, 6.45) is 7.01. The number of imidazole rings is 1. The van der Waals surface area contributed by atoms with E-state index in [0.717, 1.165) is 30.4 Å². The minimum absolute atomic E-state index is 0.0447. The van der Waals surface area contributed by atoms with Crippen molar-refractivity contribution in [1.82, 2.24) is 19.8 Å². The predicted molar refractivity (Wildman–Crippen MR) is 162 cm³/mol. The van der Waals surface area contributed by atoms with Crippen LogP contribution in [-0.2, 0) is 26.3 Å². The van der Waals surface area contributed by atoms with Crippen LogP contribution in [-0.4, -0.2) is 64.0 Å². The highest BCUT2D eigenvalue weighted by molar-refractivity contribution is 5.98. The molecule has 224 valence electrons. The van der Waals surface area contributed by atoms with Crippen molar-refractivity contribution in [1.29, 1.82) is 0 Å². The van der Waals surface area contributed by atoms with E-state index in [1.807, 2.05) is 66.4 Å². The van der Waals surface area contributed by atoms with Gasteiger partial charge in [-0.3, -0.25) is 14.4 Å². The highest BCUT2D eigenvalue weighted by Gasteiger charge is 2.41. The van der Waals surface area contributed by atoms with Crippen LogP contribution in [0.2, 0.25) is 0 Å². The molecule has 4 N–H and O–H groups in total. The van der Waals surface area contributed by atoms with Crippen LogP contribution in [0.3, 0.4) is 0 Å². The molecular weight excluding hydrogens is 532 g/mol. The van der Waals surface area contributed by atoms with Crippen molar-refractivity contribution < 1.29 is 19.1 Å². The number of hydrogen-bond donors (Lipinski definition) is 3. The van der Waals surface area contributed by atoms with E-state index in [1.165, 1.54) is 0 Å². The molecule has 1 aliphatic rings. The molecule has 0 unspecified atom stereocenters. The second-order valence-corrected chi connectivity index (χ2v) is 11.6. The Balaban J connectivity index is 1.55. The molecule has 0 saturated carbocycles. The Bertz CT molecular complexity index is 1360. The van der Waals surface area contributed by atoms with Crippen LogP contribution in [0.25, 0.3) is 0 Å². The molecule has 2 aromatic carbocycles. The maximum absolute atomic E-state index is 13.9. The average Bonchev–Trinajstić information content (AvgIpc) is 3.69. The van der Waals surface area contributed by atoms with Crippen LogP contribution < -0.4 is 21.1 Å². The molecule has 4 rings (SSSR count). The smallest absolute Gasteiger partial charge is 0.253 e. The number of rotatable bonds is 12. The van der Waals surface area contributed by atoms with Gasteiger partial charge in [-0.05, 0) is 76.1 Å². The highest BCUT2D eigenvalue weighted by atomic mass is 16.5. The molecule has 3 amide bonds. The number of amides is 3. The summed E-state index contributed by atoms with van der Waals surface area (Å²) in [4.78, 5) is 46.4. The maximum Gasteiger partial charge on any atom is 0.253 e. The molecule has 10 heteroatoms. The van der Waals surface area contributed by atoms with Crippen LogP contribution in [0.4, 0.5) is 5.82 Å². The van der Waals surface area contributed by atoms with Crippen LogP contribution in [0.15, 0.2) is 67.1 Å². The van der Waals surface area contributed by atoms with E-state index >= 15 is 0 Å². The number of nitrogens with one attached hydrogen (secondary N) is 2. The fourth-order valence-electron chi connectivity index (χ4n) is 5.14. The van der Waals surface area contributed by atoms with Crippen molar-refractivity contribution in [3.63, 3.8) is 0 Å². The number of carbonyl (C=O) groups is 3. The Morgan fingerprint density at radius 1 is 1.02 bits per heavy atom. The molecule has 1 aromatic heterocycles. The summed E-state index contributed by atoms with van der Waals surface area (Å²) in [6.45, 7) is 6.45. The van der Waals surface area contributed by atoms with Crippen molar-refractivity contribution >= 4 is 23.5 Å². The minimum atomic E-state index is -1.14. The van der Waals surface area contributed by atoms with Gasteiger partial charge in [0.25, 0.3) is 5.91 Å². The fraction of sp³-hybridized carbons (Fsp3) is 0.438. The third-order valence-corrected chi connectivity index (χ3v) is 7.82. The van der Waals surface area contributed by atoms with E-state index in [-0.39, 0.29) is 11.7 Å². The summed E-state index contributed by atoms with van der Waals surface area (Å²) in [5.41, 5.74) is 5.68. The van der Waals surface area contributed by atoms with Crippen LogP contribution in [0.1, 0.15) is 57.6 Å². The quantitative estimate of drug-likeness (QED) is 0.304. The number of aryl methyl sites for hydroxylation is 1. The van der Waals surface area contributed by atoms with E-state index < -0.39 is 28.9 Å². The number of carbonyl (C=O) groups excluding carboxylic acids is 3. The first kappa shape index (κ1) is 30.8. The Hall–Kier alpha value is -4.18. The Labute approximate surface area is 247 Å². The number of hydrogen-bond acceptors (Lipinski definition) is 6. The first-order valence-corrected chi connectivity index (χ1v) is 14.5. The summed E-state index contributed by atoms with van der Waals surface area (Å²) in [6, 6.07) is 16.6. The van der Waals surface area contributed by atoms with Gasteiger partial charge >= 0.3 is 0 Å². The zero-order valence-electron chi connectivity index (χ0n) is 24.9. The maximum atomic E-state index is 13.9. The van der Waals surface area contributed by atoms with Crippen molar-refractivity contribution in [2.24, 2.45) is 5.73 Å². The van der Waals surface area contributed by atoms with Crippen molar-refractivity contribution in [2.45, 2.75) is 70.0 Å². The fourth-order valence-corrected chi connectivity index (χ4v) is 5.14. The van der Waals surface area contributed by atoms with Gasteiger partial charge in [0.1, 0.15) is 17.3 Å². The first-order chi connectivity index (χ1) is 20.0. The zero-order chi connectivity index (χ0) is 30.3. The molecular formula is C32H42N6O4. The number of aromatic nitrogens is 2. The van der Waals surface area contributed by atoms with E-state index in [2.05, 4.69) is 15.6 Å². The van der Waals surface area contributed by atoms with E-state index in [9.17, 15) is 14.4 Å². The second kappa shape index (κ2) is 13.2. The first-order valence-electron chi connectivity index (χ1n) is 14.5. The van der Waals surface area contributed by atoms with Crippen molar-refractivity contribution in [2.75, 3.05) is 25.5 Å². The average molecular weight is 575 g/mol. The molecule has 10 nitrogen and oxygen atoms in total. The third-order valence-electron chi connectivity index (χ3n) is 7.82. The van der Waals surface area contributed by atoms with Gasteiger partial charge in [0.15, 0.2) is 5.82 Å². The summed E-state index contributed by atoms with van der Waals surface area (Å²) < 4.78 is 7.05. The standard InChI is InChI=1S/C32H42N6O4/c1-31(2,33)29(40)35-26(14-10-13-23-11-6-5-7-12-23)28(39)36-27-21-38(22-34-27)32(3,30(41)37-19-8-9-20-37)24-15-17-25(42-4)18-16-24/h5-7,11-12,15-18,21-22,26H,8-10,13-14,19-20,33H2,1-4H3,(H,35,40)(H,36,39)/t26-,32-/m1/s1. The van der Waals surface area contributed by atoms with Gasteiger partial charge in [-0.15, -0.1) is 0 Å². The Kier molecular flexibility index (Phi) is 9.67. The van der Waals surface area contributed by atoms with Gasteiger partial charge in [-0.1, -0.05) is 42.5 Å². The number of nitrogens with two attached hydrogens (primary N) is 1. The van der Waals surface area contributed by atoms with Crippen LogP contribution in [0.5, 0.6) is 5.75 Å². The summed E-state index contributed by atoms with van der Waals surface area (Å²) in [7, 11) is 1.60. The van der Waals surface area contributed by atoms with Crippen LogP contribution >= 0.6 is 0 Å². The number of benzene rings is 2. The SMILES string of the molecule is COc1ccc([C@](C)(C(=O)N2CCCC2)n2cnc(NC(=O)[C@@H](CCCc3ccccc3)NC(=O)C(C)(C)N)c2)cc1. The van der Waals surface area contributed by atoms with Gasteiger partial charge in [0.05, 0.1) is 19.0 Å². The minimum Gasteiger partial charge on any atom is -0.497 e. The lowest BCUT2D eigenvalue weighted by Crippen LogP contribution is -2.54. The lowest BCUT2D eigenvalue weighted by molar-refractivity contribution is -0.137. The number of likely N-dealkylation sites (tertiary alicyclic amines) is 1. The molecule has 0 radical (unpaired) electrons. The second-order valence-electron chi connectivity index (χ2n) is 11.6. The van der Waals surface area contributed by atoms with E-state index in [0.29, 0.717) is 31.7 Å². The van der Waals surface area contributed by atoms with Gasteiger partial charge < -0.3 is 30.6 Å². The number of methoxy groups -OCH3 is 1. The highest BCUT2D eigenvalue weighted by Crippen LogP contribution is 2.32. The Morgan fingerprint density at radius 2 is 1.69 bits per heavy atom. The van der Waals surface area contributed by atoms with Crippen molar-refractivity contribution in [3.8, 4) is 5.75 Å². The number of ether oxygens (including phenoxy) is 1. The van der Waals surface area contributed by atoms with Crippen LogP contribution in [0, 0.1) is 0 Å². The number of nitrogens with zero attached hydrogens (tertiary/aromatic N) is 3. The summed E-state index contributed by atoms with van der Waals surface area (Å²) >= 11 is 0. The van der Waals surface area contributed by atoms with Crippen molar-refractivity contribution in [3.05, 3.63) is 78.2 Å². The lowest BCUT2D eigenvalue weighted by Gasteiger charge is -2.34. The molecule has 1 aliphatic heterocycles. The Morgan fingerprint density at radius 3 is 2.31 bits per heavy atom. The summed E-state index contributed by atoms with van der Waals surface area (Å²) in [5, 5.41) is 5.66. The van der Waals surface area contributed by atoms with Gasteiger partial charge in [0, 0.05) is 19.3 Å². The normalized spacial score (nSPS) is 15.5. The molecule has 1 fully saturated rings. The molecule has 42 heavy (non-hydrogen) atoms. The molecule has 3 aromatic rings. The van der Waals surface area contributed by atoms with Gasteiger partial charge in [-0.25, -0.2) is 4.98 Å². The molecule has 0 bridgehead atoms.